The maximum absolute atomic E-state index is 12.8. The number of piperidine rings is 1. The van der Waals surface area contributed by atoms with Gasteiger partial charge in [0.15, 0.2) is 6.29 Å². The first-order valence-electron chi connectivity index (χ1n) is 8.41. The van der Waals surface area contributed by atoms with Crippen LogP contribution in [-0.2, 0) is 4.74 Å². The summed E-state index contributed by atoms with van der Waals surface area (Å²) in [5.74, 6) is -0.102. The highest BCUT2D eigenvalue weighted by molar-refractivity contribution is 6.03. The zero-order chi connectivity index (χ0) is 17.8. The van der Waals surface area contributed by atoms with Crippen LogP contribution in [-0.4, -0.2) is 53.9 Å². The molecule has 2 N–H and O–H groups in total. The minimum Gasteiger partial charge on any atom is -0.450 e. The van der Waals surface area contributed by atoms with Crippen molar-refractivity contribution in [1.29, 1.82) is 0 Å². The zero-order valence-electron chi connectivity index (χ0n) is 14.1. The average molecular weight is 343 g/mol. The van der Waals surface area contributed by atoms with Crippen molar-refractivity contribution in [2.24, 2.45) is 0 Å². The van der Waals surface area contributed by atoms with Crippen LogP contribution in [0.3, 0.4) is 0 Å². The van der Waals surface area contributed by atoms with E-state index >= 15 is 0 Å². The third kappa shape index (κ3) is 3.65. The number of aldehydes is 1. The Hall–Kier alpha value is -2.83. The molecule has 1 fully saturated rings. The molecule has 2 aromatic rings. The van der Waals surface area contributed by atoms with Gasteiger partial charge < -0.3 is 19.9 Å². The van der Waals surface area contributed by atoms with Crippen LogP contribution in [0.25, 0.3) is 10.9 Å². The Kier molecular flexibility index (Phi) is 5.02. The number of ether oxygens (including phenoxy) is 1. The van der Waals surface area contributed by atoms with Crippen LogP contribution < -0.4 is 5.32 Å². The predicted octanol–water partition coefficient (Wildman–Crippen LogP) is 2.33. The van der Waals surface area contributed by atoms with Gasteiger partial charge in [0, 0.05) is 47.4 Å². The topological polar surface area (TPSA) is 91.5 Å². The van der Waals surface area contributed by atoms with E-state index < -0.39 is 6.09 Å². The number of aromatic amines is 1. The number of fused-ring (bicyclic) bond motifs is 1. The number of amides is 2. The molecule has 25 heavy (non-hydrogen) atoms. The van der Waals surface area contributed by atoms with E-state index in [0.29, 0.717) is 30.8 Å². The maximum Gasteiger partial charge on any atom is 0.407 e. The standard InChI is InChI=1S/C18H21N3O4/c1-2-25-18(24)20-14-4-3-7-21(10-14)17(23)12-5-6-16-15(8-12)13(11-22)9-19-16/h5-6,8-9,11,14,19H,2-4,7,10H2,1H3,(H,20,24). The highest BCUT2D eigenvalue weighted by Crippen LogP contribution is 2.21. The number of hydrogen-bond donors (Lipinski definition) is 2. The second kappa shape index (κ2) is 7.38. The number of aromatic nitrogens is 1. The lowest BCUT2D eigenvalue weighted by Gasteiger charge is -2.33. The molecule has 0 radical (unpaired) electrons. The van der Waals surface area contributed by atoms with Gasteiger partial charge in [0.25, 0.3) is 5.91 Å². The van der Waals surface area contributed by atoms with Crippen molar-refractivity contribution < 1.29 is 19.1 Å². The van der Waals surface area contributed by atoms with E-state index in [1.807, 2.05) is 0 Å². The van der Waals surface area contributed by atoms with Crippen LogP contribution >= 0.6 is 0 Å². The monoisotopic (exact) mass is 343 g/mol. The van der Waals surface area contributed by atoms with Gasteiger partial charge >= 0.3 is 6.09 Å². The highest BCUT2D eigenvalue weighted by Gasteiger charge is 2.26. The number of alkyl carbamates (subject to hydrolysis) is 1. The summed E-state index contributed by atoms with van der Waals surface area (Å²) in [7, 11) is 0. The van der Waals surface area contributed by atoms with Gasteiger partial charge in [-0.1, -0.05) is 0 Å². The molecule has 7 nitrogen and oxygen atoms in total. The van der Waals surface area contributed by atoms with Crippen LogP contribution in [0.1, 0.15) is 40.5 Å². The van der Waals surface area contributed by atoms with Crippen LogP contribution in [0.2, 0.25) is 0 Å². The van der Waals surface area contributed by atoms with Gasteiger partial charge in [-0.2, -0.15) is 0 Å². The van der Waals surface area contributed by atoms with E-state index in [-0.39, 0.29) is 11.9 Å². The van der Waals surface area contributed by atoms with E-state index in [0.717, 1.165) is 30.0 Å². The molecule has 2 heterocycles. The molecule has 0 aliphatic carbocycles. The van der Waals surface area contributed by atoms with Crippen molar-refractivity contribution in [3.63, 3.8) is 0 Å². The Morgan fingerprint density at radius 1 is 1.44 bits per heavy atom. The van der Waals surface area contributed by atoms with E-state index in [1.54, 1.807) is 36.2 Å². The van der Waals surface area contributed by atoms with Crippen molar-refractivity contribution in [3.8, 4) is 0 Å². The SMILES string of the molecule is CCOC(=O)NC1CCCN(C(=O)c2ccc3[nH]cc(C=O)c3c2)C1. The molecule has 1 aromatic heterocycles. The fourth-order valence-electron chi connectivity index (χ4n) is 3.17. The molecule has 2 amide bonds. The van der Waals surface area contributed by atoms with Gasteiger partial charge in [-0.05, 0) is 38.0 Å². The molecular formula is C18H21N3O4. The van der Waals surface area contributed by atoms with Crippen molar-refractivity contribution >= 4 is 29.2 Å². The summed E-state index contributed by atoms with van der Waals surface area (Å²) in [5.41, 5.74) is 1.89. The van der Waals surface area contributed by atoms with E-state index in [9.17, 15) is 14.4 Å². The largest absolute Gasteiger partial charge is 0.450 e. The quantitative estimate of drug-likeness (QED) is 0.834. The number of hydrogen-bond acceptors (Lipinski definition) is 4. The first-order valence-corrected chi connectivity index (χ1v) is 8.41. The molecule has 1 saturated heterocycles. The molecule has 1 aliphatic heterocycles. The van der Waals surface area contributed by atoms with Gasteiger partial charge in [0.2, 0.25) is 0 Å². The molecule has 0 saturated carbocycles. The fraction of sp³-hybridized carbons (Fsp3) is 0.389. The van der Waals surface area contributed by atoms with Gasteiger partial charge in [-0.25, -0.2) is 4.79 Å². The summed E-state index contributed by atoms with van der Waals surface area (Å²) in [6, 6.07) is 5.17. The smallest absolute Gasteiger partial charge is 0.407 e. The predicted molar refractivity (Wildman–Crippen MR) is 92.8 cm³/mol. The van der Waals surface area contributed by atoms with E-state index in [1.165, 1.54) is 0 Å². The second-order valence-corrected chi connectivity index (χ2v) is 6.08. The summed E-state index contributed by atoms with van der Waals surface area (Å²) in [6.07, 6.45) is 3.58. The minimum absolute atomic E-state index is 0.102. The molecule has 3 rings (SSSR count). The van der Waals surface area contributed by atoms with Crippen molar-refractivity contribution in [3.05, 3.63) is 35.5 Å². The Bertz CT molecular complexity index is 799. The van der Waals surface area contributed by atoms with E-state index in [4.69, 9.17) is 4.74 Å². The minimum atomic E-state index is -0.453. The molecule has 1 atom stereocenters. The average Bonchev–Trinajstić information content (AvgIpc) is 3.03. The molecule has 0 spiro atoms. The number of carbonyl (C=O) groups excluding carboxylic acids is 3. The molecular weight excluding hydrogens is 322 g/mol. The van der Waals surface area contributed by atoms with Crippen molar-refractivity contribution in [2.45, 2.75) is 25.8 Å². The van der Waals surface area contributed by atoms with Crippen molar-refractivity contribution in [2.75, 3.05) is 19.7 Å². The number of likely N-dealkylation sites (tertiary alicyclic amines) is 1. The lowest BCUT2D eigenvalue weighted by atomic mass is 10.0. The lowest BCUT2D eigenvalue weighted by Crippen LogP contribution is -2.49. The van der Waals surface area contributed by atoms with Crippen LogP contribution in [0.4, 0.5) is 4.79 Å². The summed E-state index contributed by atoms with van der Waals surface area (Å²) in [4.78, 5) is 40.2. The lowest BCUT2D eigenvalue weighted by molar-refractivity contribution is 0.0686. The third-order valence-electron chi connectivity index (χ3n) is 4.39. The molecule has 0 bridgehead atoms. The second-order valence-electron chi connectivity index (χ2n) is 6.08. The number of nitrogens with one attached hydrogen (secondary N) is 2. The normalized spacial score (nSPS) is 17.3. The number of H-pyrrole nitrogens is 1. The Morgan fingerprint density at radius 2 is 2.28 bits per heavy atom. The molecule has 1 aromatic carbocycles. The molecule has 7 heteroatoms. The summed E-state index contributed by atoms with van der Waals surface area (Å²) >= 11 is 0. The van der Waals surface area contributed by atoms with Gasteiger partial charge in [0.1, 0.15) is 0 Å². The highest BCUT2D eigenvalue weighted by atomic mass is 16.5. The van der Waals surface area contributed by atoms with Gasteiger partial charge in [-0.15, -0.1) is 0 Å². The summed E-state index contributed by atoms with van der Waals surface area (Å²) in [6.45, 7) is 3.16. The molecule has 132 valence electrons. The van der Waals surface area contributed by atoms with Crippen LogP contribution in [0, 0.1) is 0 Å². The van der Waals surface area contributed by atoms with Gasteiger partial charge in [-0.3, -0.25) is 9.59 Å². The summed E-state index contributed by atoms with van der Waals surface area (Å²) in [5, 5.41) is 3.53. The number of rotatable bonds is 4. The molecule has 1 unspecified atom stereocenters. The van der Waals surface area contributed by atoms with Crippen LogP contribution in [0.5, 0.6) is 0 Å². The summed E-state index contributed by atoms with van der Waals surface area (Å²) < 4.78 is 4.90. The first-order chi connectivity index (χ1) is 12.1. The number of nitrogens with zero attached hydrogens (tertiary/aromatic N) is 1. The zero-order valence-corrected chi connectivity index (χ0v) is 14.1. The fourth-order valence-corrected chi connectivity index (χ4v) is 3.17. The van der Waals surface area contributed by atoms with Crippen LogP contribution in [0.15, 0.2) is 24.4 Å². The van der Waals surface area contributed by atoms with Gasteiger partial charge in [0.05, 0.1) is 6.61 Å². The molecule has 1 aliphatic rings. The maximum atomic E-state index is 12.8. The number of benzene rings is 1. The first kappa shape index (κ1) is 17.0. The Labute approximate surface area is 145 Å². The number of carbonyl (C=O) groups is 3. The Morgan fingerprint density at radius 3 is 3.04 bits per heavy atom. The van der Waals surface area contributed by atoms with E-state index in [2.05, 4.69) is 10.3 Å². The third-order valence-corrected chi connectivity index (χ3v) is 4.39. The van der Waals surface area contributed by atoms with Crippen molar-refractivity contribution in [1.82, 2.24) is 15.2 Å². The Balaban J connectivity index is 1.73.